The van der Waals surface area contributed by atoms with Crippen LogP contribution in [0.2, 0.25) is 0 Å². The molecule has 0 atom stereocenters. The Kier molecular flexibility index (Phi) is 6.23. The summed E-state index contributed by atoms with van der Waals surface area (Å²) in [5, 5.41) is 5.53. The predicted octanol–water partition coefficient (Wildman–Crippen LogP) is 4.24. The molecule has 0 unspecified atom stereocenters. The molecule has 4 aromatic rings. The van der Waals surface area contributed by atoms with Gasteiger partial charge in [-0.3, -0.25) is 4.79 Å². The zero-order valence-corrected chi connectivity index (χ0v) is 21.2. The van der Waals surface area contributed by atoms with E-state index in [1.165, 1.54) is 10.9 Å². The molecular weight excluding hydrogens is 440 g/mol. The van der Waals surface area contributed by atoms with Gasteiger partial charge in [0.2, 0.25) is 5.91 Å². The average molecular weight is 475 g/mol. The Hall–Kier alpha value is -3.39. The topological polar surface area (TPSA) is 78.8 Å². The number of ether oxygens (including phenoxy) is 1. The van der Waals surface area contributed by atoms with Crippen LogP contribution in [-0.4, -0.2) is 75.1 Å². The molecule has 1 aromatic carbocycles. The number of rotatable bonds is 6. The number of carbonyl (C=O) groups excluding carboxylic acids is 1. The molecule has 1 fully saturated rings. The van der Waals surface area contributed by atoms with Gasteiger partial charge in [0.25, 0.3) is 0 Å². The average Bonchev–Trinajstić information content (AvgIpc) is 3.44. The first kappa shape index (κ1) is 23.4. The van der Waals surface area contributed by atoms with E-state index in [-0.39, 0.29) is 12.0 Å². The van der Waals surface area contributed by atoms with Crippen LogP contribution >= 0.6 is 0 Å². The summed E-state index contributed by atoms with van der Waals surface area (Å²) in [5.74, 6) is 1.40. The van der Waals surface area contributed by atoms with E-state index >= 15 is 0 Å². The lowest BCUT2D eigenvalue weighted by Gasteiger charge is -2.32. The second-order valence-corrected chi connectivity index (χ2v) is 10.2. The van der Waals surface area contributed by atoms with E-state index in [2.05, 4.69) is 54.0 Å². The molecule has 0 radical (unpaired) electrons. The molecule has 35 heavy (non-hydrogen) atoms. The van der Waals surface area contributed by atoms with E-state index in [4.69, 9.17) is 4.74 Å². The molecule has 1 amide bonds. The number of amides is 1. The van der Waals surface area contributed by atoms with E-state index < -0.39 is 0 Å². The van der Waals surface area contributed by atoms with E-state index in [1.54, 1.807) is 6.33 Å². The quantitative estimate of drug-likeness (QED) is 0.452. The van der Waals surface area contributed by atoms with Crippen LogP contribution < -0.4 is 4.74 Å². The summed E-state index contributed by atoms with van der Waals surface area (Å²) in [6.45, 7) is 8.46. The van der Waals surface area contributed by atoms with Gasteiger partial charge < -0.3 is 19.5 Å². The Morgan fingerprint density at radius 1 is 1.23 bits per heavy atom. The van der Waals surface area contributed by atoms with Gasteiger partial charge in [-0.15, -0.1) is 0 Å². The van der Waals surface area contributed by atoms with Crippen molar-refractivity contribution >= 4 is 22.5 Å². The summed E-state index contributed by atoms with van der Waals surface area (Å²) in [7, 11) is 3.85. The second-order valence-electron chi connectivity index (χ2n) is 10.2. The molecule has 8 nitrogen and oxygen atoms in total. The third-order valence-electron chi connectivity index (χ3n) is 6.78. The minimum atomic E-state index is 0.120. The van der Waals surface area contributed by atoms with Crippen LogP contribution in [0.4, 0.5) is 0 Å². The number of nitrogens with zero attached hydrogens (tertiary/aromatic N) is 5. The molecule has 1 aliphatic rings. The number of carbonyl (C=O) groups is 1. The number of hydrogen-bond donors (Lipinski definition) is 1. The van der Waals surface area contributed by atoms with Crippen LogP contribution in [0.5, 0.6) is 5.75 Å². The van der Waals surface area contributed by atoms with Gasteiger partial charge in [0.1, 0.15) is 18.2 Å². The van der Waals surface area contributed by atoms with E-state index in [9.17, 15) is 4.79 Å². The van der Waals surface area contributed by atoms with Gasteiger partial charge in [0, 0.05) is 48.6 Å². The maximum absolute atomic E-state index is 12.3. The molecule has 1 N–H and O–H groups in total. The summed E-state index contributed by atoms with van der Waals surface area (Å²) >= 11 is 0. The van der Waals surface area contributed by atoms with Crippen LogP contribution in [0.3, 0.4) is 0 Å². The monoisotopic (exact) mass is 474 g/mol. The molecular formula is C27H34N6O2. The van der Waals surface area contributed by atoms with Crippen molar-refractivity contribution in [3.8, 4) is 17.0 Å². The van der Waals surface area contributed by atoms with Crippen molar-refractivity contribution in [1.29, 1.82) is 0 Å². The third-order valence-corrected chi connectivity index (χ3v) is 6.78. The van der Waals surface area contributed by atoms with Crippen molar-refractivity contribution in [3.63, 3.8) is 0 Å². The van der Waals surface area contributed by atoms with E-state index in [1.807, 2.05) is 40.7 Å². The van der Waals surface area contributed by atoms with Gasteiger partial charge in [-0.25, -0.2) is 9.50 Å². The van der Waals surface area contributed by atoms with Crippen LogP contribution in [0, 0.1) is 6.92 Å². The van der Waals surface area contributed by atoms with E-state index in [0.717, 1.165) is 59.7 Å². The molecule has 5 rings (SSSR count). The first-order valence-corrected chi connectivity index (χ1v) is 12.3. The summed E-state index contributed by atoms with van der Waals surface area (Å²) < 4.78 is 8.24. The normalized spacial score (nSPS) is 15.1. The maximum Gasteiger partial charge on any atom is 0.236 e. The first-order chi connectivity index (χ1) is 16.8. The van der Waals surface area contributed by atoms with Gasteiger partial charge in [-0.2, -0.15) is 5.10 Å². The molecule has 0 bridgehead atoms. The number of pyridine rings is 1. The number of aromatic amines is 1. The van der Waals surface area contributed by atoms with Gasteiger partial charge in [0.15, 0.2) is 5.65 Å². The lowest BCUT2D eigenvalue weighted by molar-refractivity contribution is -0.133. The zero-order chi connectivity index (χ0) is 24.7. The second kappa shape index (κ2) is 9.34. The number of benzene rings is 1. The minimum Gasteiger partial charge on any atom is -0.490 e. The molecule has 184 valence electrons. The fraction of sp³-hybridized carbons (Fsp3) is 0.444. The number of aromatic nitrogens is 4. The van der Waals surface area contributed by atoms with Crippen LogP contribution in [0.15, 0.2) is 36.8 Å². The predicted molar refractivity (Wildman–Crippen MR) is 138 cm³/mol. The molecule has 0 spiro atoms. The molecule has 0 aliphatic carbocycles. The Labute approximate surface area is 205 Å². The fourth-order valence-electron chi connectivity index (χ4n) is 5.11. The van der Waals surface area contributed by atoms with Gasteiger partial charge in [0.05, 0.1) is 12.2 Å². The lowest BCUT2D eigenvalue weighted by atomic mass is 9.96. The summed E-state index contributed by atoms with van der Waals surface area (Å²) in [6, 6.07) is 8.48. The Bertz CT molecular complexity index is 1360. The highest BCUT2D eigenvalue weighted by atomic mass is 16.5. The largest absolute Gasteiger partial charge is 0.490 e. The number of likely N-dealkylation sites (tertiary alicyclic amines) is 1. The van der Waals surface area contributed by atoms with Crippen LogP contribution in [0.1, 0.15) is 43.7 Å². The molecule has 0 saturated carbocycles. The van der Waals surface area contributed by atoms with Crippen molar-refractivity contribution in [3.05, 3.63) is 47.9 Å². The number of piperidine rings is 1. The van der Waals surface area contributed by atoms with Crippen molar-refractivity contribution in [2.75, 3.05) is 33.7 Å². The number of nitrogens with one attached hydrogen (secondary N) is 1. The number of fused-ring (bicyclic) bond motifs is 2. The SMILES string of the molecule is Cc1cc(-c2[nH]c3ccc(OC4CCN(C(=O)CN(C)C)CC4)cc3c2C(C)C)cn2ncnc12. The van der Waals surface area contributed by atoms with Crippen LogP contribution in [-0.2, 0) is 4.79 Å². The van der Waals surface area contributed by atoms with E-state index in [0.29, 0.717) is 12.5 Å². The van der Waals surface area contributed by atoms with Crippen molar-refractivity contribution < 1.29 is 9.53 Å². The van der Waals surface area contributed by atoms with Crippen molar-refractivity contribution in [2.45, 2.75) is 45.6 Å². The van der Waals surface area contributed by atoms with Crippen molar-refractivity contribution in [2.24, 2.45) is 0 Å². The standard InChI is InChI=1S/C27H34N6O2/c1-17(2)25-22-13-21(35-20-8-10-32(11-9-20)24(34)15-31(4)5)6-7-23(22)30-26(25)19-12-18(3)27-28-16-29-33(27)14-19/h6-7,12-14,16-17,20,30H,8-11,15H2,1-5H3. The molecule has 1 aliphatic heterocycles. The lowest BCUT2D eigenvalue weighted by Crippen LogP contribution is -2.44. The maximum atomic E-state index is 12.3. The van der Waals surface area contributed by atoms with Gasteiger partial charge in [-0.1, -0.05) is 13.8 Å². The molecule has 3 aromatic heterocycles. The summed E-state index contributed by atoms with van der Waals surface area (Å²) in [6.07, 6.45) is 5.45. The number of hydrogen-bond acceptors (Lipinski definition) is 5. The zero-order valence-electron chi connectivity index (χ0n) is 21.2. The summed E-state index contributed by atoms with van der Waals surface area (Å²) in [5.41, 5.74) is 6.54. The fourth-order valence-corrected chi connectivity index (χ4v) is 5.11. The highest BCUT2D eigenvalue weighted by Crippen LogP contribution is 2.38. The van der Waals surface area contributed by atoms with Crippen molar-refractivity contribution in [1.82, 2.24) is 29.4 Å². The van der Waals surface area contributed by atoms with Gasteiger partial charge in [-0.05, 0) is 62.3 Å². The smallest absolute Gasteiger partial charge is 0.236 e. The number of likely N-dealkylation sites (N-methyl/N-ethyl adjacent to an activating group) is 1. The Morgan fingerprint density at radius 3 is 2.71 bits per heavy atom. The summed E-state index contributed by atoms with van der Waals surface area (Å²) in [4.78, 5) is 24.2. The molecule has 8 heteroatoms. The Balaban J connectivity index is 1.39. The van der Waals surface area contributed by atoms with Crippen LogP contribution in [0.25, 0.3) is 27.8 Å². The number of aryl methyl sites for hydroxylation is 1. The number of H-pyrrole nitrogens is 1. The first-order valence-electron chi connectivity index (χ1n) is 12.3. The van der Waals surface area contributed by atoms with Gasteiger partial charge >= 0.3 is 0 Å². The third kappa shape index (κ3) is 4.62. The Morgan fingerprint density at radius 2 is 2.00 bits per heavy atom. The minimum absolute atomic E-state index is 0.120. The highest BCUT2D eigenvalue weighted by molar-refractivity contribution is 5.92. The highest BCUT2D eigenvalue weighted by Gasteiger charge is 2.25. The molecule has 4 heterocycles. The molecule has 1 saturated heterocycles.